The highest BCUT2D eigenvalue weighted by Gasteiger charge is 2.16. The summed E-state index contributed by atoms with van der Waals surface area (Å²) in [5, 5.41) is 16.9. The zero-order chi connectivity index (χ0) is 11.8. The summed E-state index contributed by atoms with van der Waals surface area (Å²) in [4.78, 5) is 36.9. The Morgan fingerprint density at radius 1 is 1.13 bits per heavy atom. The largest absolute Gasteiger partial charge is 0.480 e. The van der Waals surface area contributed by atoms with Gasteiger partial charge in [-0.3, -0.25) is 24.1 Å². The molecule has 0 fully saturated rings. The number of carboxylic acids is 2. The van der Waals surface area contributed by atoms with Crippen LogP contribution in [-0.4, -0.2) is 59.7 Å². The normalized spacial score (nSPS) is 10.0. The molecule has 0 heterocycles. The molecule has 0 bridgehead atoms. The molecule has 3 N–H and O–H groups in total. The number of carbonyl (C=O) groups excluding carboxylic acids is 1. The molecule has 0 rings (SSSR count). The summed E-state index contributed by atoms with van der Waals surface area (Å²) in [5.74, 6) is -3.03. The van der Waals surface area contributed by atoms with Crippen LogP contribution in [0.4, 0.5) is 0 Å². The van der Waals surface area contributed by atoms with Gasteiger partial charge in [0.25, 0.3) is 5.91 Å². The second kappa shape index (κ2) is 6.74. The standard InChI is InChI=1S/C7H12N2O6/c1-15-8-5(10)2-9(3-6(11)12)4-7(13)14/h2-4H2,1H3,(H,8,10)(H,11,12)(H,13,14). The van der Waals surface area contributed by atoms with Gasteiger partial charge in [0.2, 0.25) is 0 Å². The lowest BCUT2D eigenvalue weighted by Crippen LogP contribution is -2.41. The second-order valence-electron chi connectivity index (χ2n) is 2.66. The first-order valence-electron chi connectivity index (χ1n) is 3.93. The summed E-state index contributed by atoms with van der Waals surface area (Å²) in [6, 6.07) is 0. The van der Waals surface area contributed by atoms with Gasteiger partial charge in [0.05, 0.1) is 26.7 Å². The van der Waals surface area contributed by atoms with E-state index in [4.69, 9.17) is 10.2 Å². The molecule has 0 unspecified atom stereocenters. The maximum Gasteiger partial charge on any atom is 0.317 e. The molecule has 0 saturated heterocycles. The van der Waals surface area contributed by atoms with Crippen molar-refractivity contribution in [2.45, 2.75) is 0 Å². The van der Waals surface area contributed by atoms with E-state index in [-0.39, 0.29) is 6.54 Å². The number of hydroxylamine groups is 1. The summed E-state index contributed by atoms with van der Waals surface area (Å²) in [6.07, 6.45) is 0. The first kappa shape index (κ1) is 13.3. The molecule has 0 aliphatic heterocycles. The SMILES string of the molecule is CONC(=O)CN(CC(=O)O)CC(=O)O. The van der Waals surface area contributed by atoms with Crippen LogP contribution >= 0.6 is 0 Å². The van der Waals surface area contributed by atoms with Gasteiger partial charge in [-0.1, -0.05) is 0 Å². The highest BCUT2D eigenvalue weighted by molar-refractivity contribution is 5.79. The molecule has 0 aromatic rings. The fourth-order valence-electron chi connectivity index (χ4n) is 0.899. The predicted molar refractivity (Wildman–Crippen MR) is 46.9 cm³/mol. The Morgan fingerprint density at radius 3 is 1.93 bits per heavy atom. The van der Waals surface area contributed by atoms with Gasteiger partial charge in [-0.2, -0.15) is 0 Å². The highest BCUT2D eigenvalue weighted by atomic mass is 16.6. The Balaban J connectivity index is 4.16. The zero-order valence-corrected chi connectivity index (χ0v) is 8.10. The Hall–Kier alpha value is -1.67. The molecule has 15 heavy (non-hydrogen) atoms. The molecular weight excluding hydrogens is 208 g/mol. The van der Waals surface area contributed by atoms with Gasteiger partial charge < -0.3 is 10.2 Å². The summed E-state index contributed by atoms with van der Waals surface area (Å²) in [7, 11) is 1.22. The quantitative estimate of drug-likeness (QED) is 0.430. The molecule has 8 heteroatoms. The topological polar surface area (TPSA) is 116 Å². The van der Waals surface area contributed by atoms with Crippen molar-refractivity contribution in [3.8, 4) is 0 Å². The molecule has 0 aliphatic rings. The lowest BCUT2D eigenvalue weighted by atomic mass is 10.4. The number of carboxylic acid groups (broad SMARTS) is 2. The number of hydrogen-bond acceptors (Lipinski definition) is 5. The van der Waals surface area contributed by atoms with Crippen LogP contribution in [0.5, 0.6) is 0 Å². The lowest BCUT2D eigenvalue weighted by Gasteiger charge is -2.16. The minimum atomic E-state index is -1.21. The van der Waals surface area contributed by atoms with Crippen LogP contribution in [0.2, 0.25) is 0 Å². The zero-order valence-electron chi connectivity index (χ0n) is 8.10. The van der Waals surface area contributed by atoms with Crippen molar-refractivity contribution in [3.05, 3.63) is 0 Å². The lowest BCUT2D eigenvalue weighted by molar-refractivity contribution is -0.143. The highest BCUT2D eigenvalue weighted by Crippen LogP contribution is 1.88. The van der Waals surface area contributed by atoms with Crippen molar-refractivity contribution in [1.29, 1.82) is 0 Å². The third-order valence-electron chi connectivity index (χ3n) is 1.30. The Bertz CT molecular complexity index is 238. The van der Waals surface area contributed by atoms with Crippen LogP contribution in [0, 0.1) is 0 Å². The molecule has 1 amide bonds. The smallest absolute Gasteiger partial charge is 0.317 e. The van der Waals surface area contributed by atoms with E-state index in [1.165, 1.54) is 7.11 Å². The molecule has 0 aromatic carbocycles. The van der Waals surface area contributed by atoms with Gasteiger partial charge in [-0.25, -0.2) is 5.48 Å². The molecule has 86 valence electrons. The molecule has 0 aliphatic carbocycles. The summed E-state index contributed by atoms with van der Waals surface area (Å²) in [6.45, 7) is -1.40. The third-order valence-corrected chi connectivity index (χ3v) is 1.30. The minimum Gasteiger partial charge on any atom is -0.480 e. The van der Waals surface area contributed by atoms with Gasteiger partial charge in [-0.05, 0) is 0 Å². The van der Waals surface area contributed by atoms with Gasteiger partial charge in [0.1, 0.15) is 0 Å². The van der Waals surface area contributed by atoms with Crippen molar-refractivity contribution in [2.24, 2.45) is 0 Å². The van der Waals surface area contributed by atoms with E-state index in [1.807, 2.05) is 5.48 Å². The molecule has 0 radical (unpaired) electrons. The number of rotatable bonds is 7. The summed E-state index contributed by atoms with van der Waals surface area (Å²) in [5.41, 5.74) is 1.96. The van der Waals surface area contributed by atoms with Crippen LogP contribution in [0.25, 0.3) is 0 Å². The van der Waals surface area contributed by atoms with E-state index in [0.717, 1.165) is 4.90 Å². The van der Waals surface area contributed by atoms with Crippen LogP contribution in [-0.2, 0) is 19.2 Å². The minimum absolute atomic E-state index is 0.355. The van der Waals surface area contributed by atoms with Gasteiger partial charge >= 0.3 is 11.9 Å². The number of amides is 1. The molecule has 0 saturated carbocycles. The fraction of sp³-hybridized carbons (Fsp3) is 0.571. The molecular formula is C7H12N2O6. The van der Waals surface area contributed by atoms with E-state index in [9.17, 15) is 14.4 Å². The number of hydrogen-bond donors (Lipinski definition) is 3. The molecule has 8 nitrogen and oxygen atoms in total. The van der Waals surface area contributed by atoms with Crippen LogP contribution in [0.3, 0.4) is 0 Å². The monoisotopic (exact) mass is 220 g/mol. The van der Waals surface area contributed by atoms with Gasteiger partial charge in [0.15, 0.2) is 0 Å². The van der Waals surface area contributed by atoms with Crippen molar-refractivity contribution in [2.75, 3.05) is 26.7 Å². The van der Waals surface area contributed by atoms with E-state index in [2.05, 4.69) is 4.84 Å². The molecule has 0 aromatic heterocycles. The van der Waals surface area contributed by atoms with Crippen molar-refractivity contribution in [1.82, 2.24) is 10.4 Å². The van der Waals surface area contributed by atoms with Crippen molar-refractivity contribution < 1.29 is 29.4 Å². The van der Waals surface area contributed by atoms with Crippen LogP contribution in [0.1, 0.15) is 0 Å². The molecule has 0 atom stereocenters. The van der Waals surface area contributed by atoms with Crippen LogP contribution < -0.4 is 5.48 Å². The van der Waals surface area contributed by atoms with Crippen molar-refractivity contribution >= 4 is 17.8 Å². The number of aliphatic carboxylic acids is 2. The first-order chi connectivity index (χ1) is 6.95. The van der Waals surface area contributed by atoms with E-state index in [0.29, 0.717) is 0 Å². The summed E-state index contributed by atoms with van der Waals surface area (Å²) >= 11 is 0. The number of carbonyl (C=O) groups is 3. The maximum atomic E-state index is 11.0. The van der Waals surface area contributed by atoms with E-state index in [1.54, 1.807) is 0 Å². The van der Waals surface area contributed by atoms with Crippen molar-refractivity contribution in [3.63, 3.8) is 0 Å². The van der Waals surface area contributed by atoms with Gasteiger partial charge in [-0.15, -0.1) is 0 Å². The van der Waals surface area contributed by atoms with E-state index < -0.39 is 30.9 Å². The summed E-state index contributed by atoms with van der Waals surface area (Å²) < 4.78 is 0. The Kier molecular flexibility index (Phi) is 5.99. The Labute approximate surface area is 85.4 Å². The second-order valence-corrected chi connectivity index (χ2v) is 2.66. The van der Waals surface area contributed by atoms with Crippen LogP contribution in [0.15, 0.2) is 0 Å². The third kappa shape index (κ3) is 7.40. The average molecular weight is 220 g/mol. The van der Waals surface area contributed by atoms with Gasteiger partial charge in [0, 0.05) is 0 Å². The predicted octanol–water partition coefficient (Wildman–Crippen LogP) is -1.86. The molecule has 0 spiro atoms. The fourth-order valence-corrected chi connectivity index (χ4v) is 0.899. The first-order valence-corrected chi connectivity index (χ1v) is 3.93. The number of nitrogens with zero attached hydrogens (tertiary/aromatic N) is 1. The number of nitrogens with one attached hydrogen (secondary N) is 1. The van der Waals surface area contributed by atoms with E-state index >= 15 is 0 Å². The maximum absolute atomic E-state index is 11.0. The Morgan fingerprint density at radius 2 is 1.60 bits per heavy atom. The average Bonchev–Trinajstić information content (AvgIpc) is 2.00.